The van der Waals surface area contributed by atoms with Crippen molar-refractivity contribution >= 4 is 5.91 Å². The summed E-state index contributed by atoms with van der Waals surface area (Å²) in [6.07, 6.45) is 1.47. The van der Waals surface area contributed by atoms with Crippen molar-refractivity contribution in [3.8, 4) is 0 Å². The molecule has 3 nitrogen and oxygen atoms in total. The fourth-order valence-electron chi connectivity index (χ4n) is 2.40. The average molecular weight is 282 g/mol. The van der Waals surface area contributed by atoms with E-state index in [2.05, 4.69) is 10.2 Å². The Bertz CT molecular complexity index is 442. The summed E-state index contributed by atoms with van der Waals surface area (Å²) in [5.41, 5.74) is -0.0660. The summed E-state index contributed by atoms with van der Waals surface area (Å²) in [6, 6.07) is 7.59. The second kappa shape index (κ2) is 6.31. The summed E-state index contributed by atoms with van der Waals surface area (Å²) in [5, 5.41) is 2.40. The first kappa shape index (κ1) is 14.9. The first-order chi connectivity index (χ1) is 9.49. The van der Waals surface area contributed by atoms with E-state index in [-0.39, 0.29) is 17.4 Å². The molecule has 0 atom stereocenters. The zero-order valence-electron chi connectivity index (χ0n) is 11.6. The van der Waals surface area contributed by atoms with Crippen LogP contribution >= 0.6 is 0 Å². The maximum atomic E-state index is 13.9. The third-order valence-electron chi connectivity index (χ3n) is 3.77. The van der Waals surface area contributed by atoms with Crippen LogP contribution in [0.5, 0.6) is 0 Å². The fraction of sp³-hybridized carbons (Fsp3) is 0.533. The maximum absolute atomic E-state index is 13.9. The first-order valence-corrected chi connectivity index (χ1v) is 6.88. The van der Waals surface area contributed by atoms with Crippen molar-refractivity contribution in [2.75, 3.05) is 26.7 Å². The van der Waals surface area contributed by atoms with Crippen molar-refractivity contribution in [1.29, 1.82) is 0 Å². The SMILES string of the molecule is CN1CCC(C(=O)NCC(F)(F)c2ccccc2)CC1. The highest BCUT2D eigenvalue weighted by Crippen LogP contribution is 2.27. The van der Waals surface area contributed by atoms with Gasteiger partial charge in [-0.15, -0.1) is 0 Å². The van der Waals surface area contributed by atoms with Crippen molar-refractivity contribution < 1.29 is 13.6 Å². The van der Waals surface area contributed by atoms with Crippen LogP contribution < -0.4 is 5.32 Å². The molecule has 0 unspecified atom stereocenters. The largest absolute Gasteiger partial charge is 0.349 e. The number of rotatable bonds is 4. The van der Waals surface area contributed by atoms with Crippen LogP contribution in [0.1, 0.15) is 18.4 Å². The Balaban J connectivity index is 1.86. The number of hydrogen-bond acceptors (Lipinski definition) is 2. The molecule has 110 valence electrons. The van der Waals surface area contributed by atoms with Gasteiger partial charge in [-0.05, 0) is 33.0 Å². The highest BCUT2D eigenvalue weighted by atomic mass is 19.3. The number of nitrogens with zero attached hydrogens (tertiary/aromatic N) is 1. The smallest absolute Gasteiger partial charge is 0.290 e. The molecule has 0 radical (unpaired) electrons. The molecular weight excluding hydrogens is 262 g/mol. The second-order valence-electron chi connectivity index (χ2n) is 5.37. The van der Waals surface area contributed by atoms with Gasteiger partial charge in [-0.3, -0.25) is 4.79 Å². The third-order valence-corrected chi connectivity index (χ3v) is 3.77. The number of piperidine rings is 1. The lowest BCUT2D eigenvalue weighted by Crippen LogP contribution is -2.42. The molecule has 1 saturated heterocycles. The molecule has 0 aliphatic carbocycles. The van der Waals surface area contributed by atoms with Crippen LogP contribution in [0.25, 0.3) is 0 Å². The number of likely N-dealkylation sites (tertiary alicyclic amines) is 1. The average Bonchev–Trinajstić information content (AvgIpc) is 2.46. The zero-order chi connectivity index (χ0) is 14.6. The number of carbonyl (C=O) groups is 1. The van der Waals surface area contributed by atoms with Gasteiger partial charge in [0, 0.05) is 11.5 Å². The Morgan fingerprint density at radius 2 is 1.90 bits per heavy atom. The van der Waals surface area contributed by atoms with Gasteiger partial charge in [0.2, 0.25) is 5.91 Å². The number of hydrogen-bond donors (Lipinski definition) is 1. The normalized spacial score (nSPS) is 17.9. The monoisotopic (exact) mass is 282 g/mol. The van der Waals surface area contributed by atoms with Crippen LogP contribution in [0, 0.1) is 5.92 Å². The van der Waals surface area contributed by atoms with Crippen molar-refractivity contribution in [3.63, 3.8) is 0 Å². The highest BCUT2D eigenvalue weighted by Gasteiger charge is 2.33. The Labute approximate surface area is 118 Å². The molecule has 1 heterocycles. The fourth-order valence-corrected chi connectivity index (χ4v) is 2.40. The molecule has 1 aromatic carbocycles. The van der Waals surface area contributed by atoms with E-state index in [0.29, 0.717) is 0 Å². The molecule has 2 rings (SSSR count). The summed E-state index contributed by atoms with van der Waals surface area (Å²) in [6.45, 7) is 1.04. The van der Waals surface area contributed by atoms with Gasteiger partial charge in [0.1, 0.15) is 0 Å². The first-order valence-electron chi connectivity index (χ1n) is 6.88. The number of benzene rings is 1. The van der Waals surface area contributed by atoms with Crippen molar-refractivity contribution in [3.05, 3.63) is 35.9 Å². The van der Waals surface area contributed by atoms with Gasteiger partial charge in [-0.1, -0.05) is 30.3 Å². The van der Waals surface area contributed by atoms with Gasteiger partial charge in [0.15, 0.2) is 0 Å². The predicted octanol–water partition coefficient (Wildman–Crippen LogP) is 2.24. The van der Waals surface area contributed by atoms with Crippen LogP contribution in [-0.2, 0) is 10.7 Å². The molecule has 1 N–H and O–H groups in total. The van der Waals surface area contributed by atoms with Crippen LogP contribution in [0.2, 0.25) is 0 Å². The van der Waals surface area contributed by atoms with E-state index in [9.17, 15) is 13.6 Å². The molecule has 20 heavy (non-hydrogen) atoms. The van der Waals surface area contributed by atoms with Gasteiger partial charge in [-0.2, -0.15) is 8.78 Å². The van der Waals surface area contributed by atoms with Gasteiger partial charge in [-0.25, -0.2) is 0 Å². The molecule has 0 spiro atoms. The van der Waals surface area contributed by atoms with Crippen molar-refractivity contribution in [2.24, 2.45) is 5.92 Å². The van der Waals surface area contributed by atoms with E-state index in [1.807, 2.05) is 7.05 Å². The molecule has 0 aromatic heterocycles. The van der Waals surface area contributed by atoms with Crippen molar-refractivity contribution in [2.45, 2.75) is 18.8 Å². The lowest BCUT2D eigenvalue weighted by Gasteiger charge is -2.28. The summed E-state index contributed by atoms with van der Waals surface area (Å²) < 4.78 is 27.8. The number of amides is 1. The van der Waals surface area contributed by atoms with E-state index in [1.54, 1.807) is 18.2 Å². The minimum Gasteiger partial charge on any atom is -0.349 e. The predicted molar refractivity (Wildman–Crippen MR) is 73.6 cm³/mol. The van der Waals surface area contributed by atoms with E-state index in [0.717, 1.165) is 25.9 Å². The Morgan fingerprint density at radius 3 is 2.50 bits per heavy atom. The minimum atomic E-state index is -3.03. The molecular formula is C15H20F2N2O. The molecule has 0 saturated carbocycles. The third kappa shape index (κ3) is 3.76. The van der Waals surface area contributed by atoms with Gasteiger partial charge in [0.25, 0.3) is 5.92 Å². The Hall–Kier alpha value is -1.49. The molecule has 1 aliphatic heterocycles. The second-order valence-corrected chi connectivity index (χ2v) is 5.37. The lowest BCUT2D eigenvalue weighted by atomic mass is 9.96. The van der Waals surface area contributed by atoms with E-state index in [4.69, 9.17) is 0 Å². The van der Waals surface area contributed by atoms with Crippen LogP contribution in [0.15, 0.2) is 30.3 Å². The number of alkyl halides is 2. The summed E-state index contributed by atoms with van der Waals surface area (Å²) in [5.74, 6) is -3.42. The minimum absolute atomic E-state index is 0.0660. The molecule has 1 fully saturated rings. The summed E-state index contributed by atoms with van der Waals surface area (Å²) >= 11 is 0. The Kier molecular flexibility index (Phi) is 4.70. The maximum Gasteiger partial charge on any atom is 0.290 e. The highest BCUT2D eigenvalue weighted by molar-refractivity contribution is 5.78. The zero-order valence-corrected chi connectivity index (χ0v) is 11.6. The Morgan fingerprint density at radius 1 is 1.30 bits per heavy atom. The summed E-state index contributed by atoms with van der Waals surface area (Å²) in [7, 11) is 2.00. The molecule has 1 aliphatic rings. The van der Waals surface area contributed by atoms with Crippen LogP contribution in [0.3, 0.4) is 0 Å². The van der Waals surface area contributed by atoms with Crippen LogP contribution in [-0.4, -0.2) is 37.5 Å². The molecule has 1 aromatic rings. The van der Waals surface area contributed by atoms with Gasteiger partial charge in [0.05, 0.1) is 6.54 Å². The van der Waals surface area contributed by atoms with Gasteiger partial charge >= 0.3 is 0 Å². The lowest BCUT2D eigenvalue weighted by molar-refractivity contribution is -0.128. The molecule has 1 amide bonds. The van der Waals surface area contributed by atoms with Gasteiger partial charge < -0.3 is 10.2 Å². The standard InChI is InChI=1S/C15H20F2N2O/c1-19-9-7-12(8-10-19)14(20)18-11-15(16,17)13-5-3-2-4-6-13/h2-6,12H,7-11H2,1H3,(H,18,20). The number of nitrogens with one attached hydrogen (secondary N) is 1. The number of halogens is 2. The molecule has 0 bridgehead atoms. The summed E-state index contributed by atoms with van der Waals surface area (Å²) in [4.78, 5) is 14.1. The van der Waals surface area contributed by atoms with E-state index < -0.39 is 12.5 Å². The van der Waals surface area contributed by atoms with Crippen molar-refractivity contribution in [1.82, 2.24) is 10.2 Å². The number of carbonyl (C=O) groups excluding carboxylic acids is 1. The van der Waals surface area contributed by atoms with E-state index >= 15 is 0 Å². The topological polar surface area (TPSA) is 32.3 Å². The quantitative estimate of drug-likeness (QED) is 0.918. The molecule has 5 heteroatoms. The van der Waals surface area contributed by atoms with E-state index in [1.165, 1.54) is 12.1 Å². The van der Waals surface area contributed by atoms with Crippen LogP contribution in [0.4, 0.5) is 8.78 Å².